The van der Waals surface area contributed by atoms with Crippen molar-refractivity contribution in [1.29, 1.82) is 0 Å². The van der Waals surface area contributed by atoms with E-state index in [1.54, 1.807) is 12.1 Å². The van der Waals surface area contributed by atoms with Crippen molar-refractivity contribution in [2.24, 2.45) is 0 Å². The van der Waals surface area contributed by atoms with Crippen molar-refractivity contribution in [3.63, 3.8) is 0 Å². The molecule has 6 heteroatoms. The van der Waals surface area contributed by atoms with Crippen LogP contribution < -0.4 is 15.1 Å². The Kier molecular flexibility index (Phi) is 4.70. The summed E-state index contributed by atoms with van der Waals surface area (Å²) in [4.78, 5) is 11.5. The molecule has 0 fully saturated rings. The van der Waals surface area contributed by atoms with Gasteiger partial charge in [0.1, 0.15) is 11.5 Å². The summed E-state index contributed by atoms with van der Waals surface area (Å²) < 4.78 is 22.1. The summed E-state index contributed by atoms with van der Waals surface area (Å²) in [5.74, 6) is 1.17. The van der Waals surface area contributed by atoms with Gasteiger partial charge in [0.15, 0.2) is 11.2 Å². The summed E-state index contributed by atoms with van der Waals surface area (Å²) >= 11 is 0. The SMILES string of the molecule is O=c1ccc2c(OCCCCOc3ccccc3)c3ccoc3c(O)c2o1. The molecule has 0 amide bonds. The van der Waals surface area contributed by atoms with Gasteiger partial charge in [0, 0.05) is 6.07 Å². The van der Waals surface area contributed by atoms with E-state index in [1.807, 2.05) is 30.3 Å². The van der Waals surface area contributed by atoms with E-state index in [-0.39, 0.29) is 16.9 Å². The van der Waals surface area contributed by atoms with Crippen LogP contribution in [0.25, 0.3) is 21.9 Å². The van der Waals surface area contributed by atoms with E-state index in [1.165, 1.54) is 12.3 Å². The maximum absolute atomic E-state index is 11.5. The normalized spacial score (nSPS) is 11.1. The molecule has 0 aliphatic heterocycles. The van der Waals surface area contributed by atoms with Crippen LogP contribution in [0, 0.1) is 0 Å². The average molecular weight is 366 g/mol. The Morgan fingerprint density at radius 1 is 0.852 bits per heavy atom. The quantitative estimate of drug-likeness (QED) is 0.383. The maximum atomic E-state index is 11.5. The van der Waals surface area contributed by atoms with Gasteiger partial charge in [-0.1, -0.05) is 18.2 Å². The molecule has 4 aromatic rings. The number of phenolic OH excluding ortho intramolecular Hbond substituents is 1. The molecule has 0 radical (unpaired) electrons. The Hall–Kier alpha value is -3.41. The predicted octanol–water partition coefficient (Wildman–Crippen LogP) is 4.48. The minimum Gasteiger partial charge on any atom is -0.502 e. The van der Waals surface area contributed by atoms with Crippen LogP contribution >= 0.6 is 0 Å². The molecule has 0 bridgehead atoms. The lowest BCUT2D eigenvalue weighted by Crippen LogP contribution is -2.03. The number of furan rings is 1. The molecule has 0 aliphatic carbocycles. The first-order valence-electron chi connectivity index (χ1n) is 8.70. The van der Waals surface area contributed by atoms with Gasteiger partial charge in [-0.2, -0.15) is 0 Å². The van der Waals surface area contributed by atoms with Crippen LogP contribution in [0.5, 0.6) is 17.2 Å². The number of rotatable bonds is 7. The van der Waals surface area contributed by atoms with Crippen LogP contribution in [0.2, 0.25) is 0 Å². The van der Waals surface area contributed by atoms with Crippen molar-refractivity contribution in [3.8, 4) is 17.2 Å². The average Bonchev–Trinajstić information content (AvgIpc) is 3.18. The summed E-state index contributed by atoms with van der Waals surface area (Å²) in [5, 5.41) is 11.5. The number of hydrogen-bond acceptors (Lipinski definition) is 6. The monoisotopic (exact) mass is 366 g/mol. The summed E-state index contributed by atoms with van der Waals surface area (Å²) in [5.41, 5.74) is -0.251. The minimum absolute atomic E-state index is 0.0624. The van der Waals surface area contributed by atoms with Gasteiger partial charge in [-0.3, -0.25) is 0 Å². The van der Waals surface area contributed by atoms with Crippen LogP contribution in [0.1, 0.15) is 12.8 Å². The molecule has 27 heavy (non-hydrogen) atoms. The molecular formula is C21H18O6. The van der Waals surface area contributed by atoms with Gasteiger partial charge < -0.3 is 23.4 Å². The summed E-state index contributed by atoms with van der Waals surface area (Å²) in [6.45, 7) is 1.05. The van der Waals surface area contributed by atoms with E-state index >= 15 is 0 Å². The Labute approximate surface area is 154 Å². The fourth-order valence-electron chi connectivity index (χ4n) is 2.93. The first-order valence-corrected chi connectivity index (χ1v) is 8.70. The molecule has 0 aliphatic rings. The number of ether oxygens (including phenoxy) is 2. The van der Waals surface area contributed by atoms with Gasteiger partial charge in [0.2, 0.25) is 5.75 Å². The molecule has 0 spiro atoms. The van der Waals surface area contributed by atoms with Crippen molar-refractivity contribution < 1.29 is 23.4 Å². The van der Waals surface area contributed by atoms with Crippen molar-refractivity contribution in [1.82, 2.24) is 0 Å². The van der Waals surface area contributed by atoms with Gasteiger partial charge in [-0.05, 0) is 37.1 Å². The fraction of sp³-hybridized carbons (Fsp3) is 0.190. The van der Waals surface area contributed by atoms with Crippen LogP contribution in [0.4, 0.5) is 0 Å². The Morgan fingerprint density at radius 3 is 2.41 bits per heavy atom. The van der Waals surface area contributed by atoms with E-state index in [4.69, 9.17) is 18.3 Å². The van der Waals surface area contributed by atoms with E-state index in [9.17, 15) is 9.90 Å². The number of para-hydroxylation sites is 1. The molecule has 2 heterocycles. The van der Waals surface area contributed by atoms with Gasteiger partial charge in [0.25, 0.3) is 0 Å². The lowest BCUT2D eigenvalue weighted by atomic mass is 10.1. The Balaban J connectivity index is 1.46. The number of unbranched alkanes of at least 4 members (excludes halogenated alkanes) is 1. The smallest absolute Gasteiger partial charge is 0.336 e. The lowest BCUT2D eigenvalue weighted by molar-refractivity contribution is 0.269. The molecule has 0 unspecified atom stereocenters. The number of hydrogen-bond donors (Lipinski definition) is 1. The zero-order chi connectivity index (χ0) is 18.6. The second-order valence-corrected chi connectivity index (χ2v) is 6.06. The van der Waals surface area contributed by atoms with Crippen LogP contribution in [0.15, 0.2) is 68.4 Å². The molecule has 1 N–H and O–H groups in total. The number of fused-ring (bicyclic) bond motifs is 2. The van der Waals surface area contributed by atoms with E-state index < -0.39 is 5.63 Å². The first kappa shape index (κ1) is 17.0. The highest BCUT2D eigenvalue weighted by molar-refractivity contribution is 6.06. The Bertz CT molecular complexity index is 1110. The molecule has 138 valence electrons. The summed E-state index contributed by atoms with van der Waals surface area (Å²) in [6, 6.07) is 14.3. The van der Waals surface area contributed by atoms with E-state index in [0.717, 1.165) is 18.6 Å². The van der Waals surface area contributed by atoms with E-state index in [2.05, 4.69) is 0 Å². The zero-order valence-electron chi connectivity index (χ0n) is 14.5. The predicted molar refractivity (Wildman–Crippen MR) is 101 cm³/mol. The fourth-order valence-corrected chi connectivity index (χ4v) is 2.93. The molecule has 2 aromatic carbocycles. The maximum Gasteiger partial charge on any atom is 0.336 e. The van der Waals surface area contributed by atoms with Gasteiger partial charge >= 0.3 is 5.63 Å². The molecule has 0 saturated carbocycles. The summed E-state index contributed by atoms with van der Waals surface area (Å²) in [7, 11) is 0. The largest absolute Gasteiger partial charge is 0.502 e. The topological polar surface area (TPSA) is 82.0 Å². The van der Waals surface area contributed by atoms with Crippen molar-refractivity contribution >= 4 is 21.9 Å². The van der Waals surface area contributed by atoms with Crippen molar-refractivity contribution in [3.05, 3.63) is 65.2 Å². The molecule has 0 saturated heterocycles. The number of phenols is 1. The van der Waals surface area contributed by atoms with Crippen molar-refractivity contribution in [2.75, 3.05) is 13.2 Å². The van der Waals surface area contributed by atoms with Gasteiger partial charge in [-0.15, -0.1) is 0 Å². The highest BCUT2D eigenvalue weighted by atomic mass is 16.5. The van der Waals surface area contributed by atoms with Crippen LogP contribution in [-0.2, 0) is 0 Å². The zero-order valence-corrected chi connectivity index (χ0v) is 14.5. The summed E-state index contributed by atoms with van der Waals surface area (Å²) in [6.07, 6.45) is 3.07. The minimum atomic E-state index is -0.548. The standard InChI is InChI=1S/C21H18O6/c22-17-9-8-15-19(16-10-13-26-20(16)18(23)21(15)27-17)25-12-5-4-11-24-14-6-2-1-3-7-14/h1-3,6-10,13,23H,4-5,11-12H2. The van der Waals surface area contributed by atoms with Crippen LogP contribution in [0.3, 0.4) is 0 Å². The lowest BCUT2D eigenvalue weighted by Gasteiger charge is -2.11. The van der Waals surface area contributed by atoms with E-state index in [0.29, 0.717) is 29.7 Å². The van der Waals surface area contributed by atoms with Gasteiger partial charge in [-0.25, -0.2) is 4.79 Å². The number of benzene rings is 2. The molecule has 2 aromatic heterocycles. The second-order valence-electron chi connectivity index (χ2n) is 6.06. The third-order valence-corrected chi connectivity index (χ3v) is 4.22. The third kappa shape index (κ3) is 3.46. The molecule has 4 rings (SSSR count). The third-order valence-electron chi connectivity index (χ3n) is 4.22. The van der Waals surface area contributed by atoms with Crippen molar-refractivity contribution in [2.45, 2.75) is 12.8 Å². The number of aromatic hydroxyl groups is 1. The van der Waals surface area contributed by atoms with Gasteiger partial charge in [0.05, 0.1) is 30.2 Å². The first-order chi connectivity index (χ1) is 13.2. The molecule has 6 nitrogen and oxygen atoms in total. The van der Waals surface area contributed by atoms with Crippen LogP contribution in [-0.4, -0.2) is 18.3 Å². The highest BCUT2D eigenvalue weighted by Gasteiger charge is 2.19. The molecule has 0 atom stereocenters. The second kappa shape index (κ2) is 7.45. The highest BCUT2D eigenvalue weighted by Crippen LogP contribution is 2.42. The Morgan fingerprint density at radius 2 is 1.59 bits per heavy atom. The molecular weight excluding hydrogens is 348 g/mol.